The lowest BCUT2D eigenvalue weighted by Crippen LogP contribution is -2.05. The van der Waals surface area contributed by atoms with Crippen LogP contribution in [0.4, 0.5) is 5.82 Å². The van der Waals surface area contributed by atoms with Crippen molar-refractivity contribution in [1.29, 1.82) is 0 Å². The van der Waals surface area contributed by atoms with Crippen LogP contribution in [-0.4, -0.2) is 30.0 Å². The fourth-order valence-corrected chi connectivity index (χ4v) is 1.86. The quantitative estimate of drug-likeness (QED) is 0.713. The minimum absolute atomic E-state index is 0.614. The van der Waals surface area contributed by atoms with Crippen molar-refractivity contribution in [3.8, 4) is 0 Å². The Kier molecular flexibility index (Phi) is 2.18. The maximum Gasteiger partial charge on any atom is 0.199 e. The van der Waals surface area contributed by atoms with E-state index in [1.807, 2.05) is 5.38 Å². The molecule has 0 amide bonds. The SMILES string of the molecule is c1nc(CNc2cncc3nnnn23)cs1. The van der Waals surface area contributed by atoms with Crippen LogP contribution in [0, 0.1) is 0 Å². The number of thiazole rings is 1. The lowest BCUT2D eigenvalue weighted by molar-refractivity contribution is 0.818. The molecule has 0 saturated heterocycles. The fraction of sp³-hybridized carbons (Fsp3) is 0.125. The summed E-state index contributed by atoms with van der Waals surface area (Å²) in [6.07, 6.45) is 3.28. The summed E-state index contributed by atoms with van der Waals surface area (Å²) in [5, 5.41) is 16.4. The van der Waals surface area contributed by atoms with Crippen LogP contribution in [-0.2, 0) is 6.54 Å². The molecule has 0 aliphatic carbocycles. The molecule has 7 nitrogen and oxygen atoms in total. The monoisotopic (exact) mass is 233 g/mol. The minimum Gasteiger partial charge on any atom is -0.363 e. The lowest BCUT2D eigenvalue weighted by Gasteiger charge is -2.04. The van der Waals surface area contributed by atoms with Crippen LogP contribution in [0.3, 0.4) is 0 Å². The van der Waals surface area contributed by atoms with Gasteiger partial charge >= 0.3 is 0 Å². The molecule has 80 valence electrons. The highest BCUT2D eigenvalue weighted by molar-refractivity contribution is 7.07. The van der Waals surface area contributed by atoms with Crippen molar-refractivity contribution in [2.75, 3.05) is 5.32 Å². The number of nitrogens with one attached hydrogen (secondary N) is 1. The van der Waals surface area contributed by atoms with Crippen LogP contribution < -0.4 is 5.32 Å². The van der Waals surface area contributed by atoms with Crippen molar-refractivity contribution in [1.82, 2.24) is 30.0 Å². The van der Waals surface area contributed by atoms with Gasteiger partial charge in [0.15, 0.2) is 11.5 Å². The third-order valence-corrected chi connectivity index (χ3v) is 2.68. The first kappa shape index (κ1) is 9.16. The summed E-state index contributed by atoms with van der Waals surface area (Å²) >= 11 is 1.57. The van der Waals surface area contributed by atoms with Gasteiger partial charge < -0.3 is 5.32 Å². The van der Waals surface area contributed by atoms with Crippen LogP contribution in [0.2, 0.25) is 0 Å². The minimum atomic E-state index is 0.614. The summed E-state index contributed by atoms with van der Waals surface area (Å²) in [4.78, 5) is 8.22. The first-order valence-electron chi connectivity index (χ1n) is 4.56. The van der Waals surface area contributed by atoms with E-state index in [0.717, 1.165) is 11.5 Å². The Hall–Kier alpha value is -2.09. The van der Waals surface area contributed by atoms with E-state index in [2.05, 4.69) is 30.8 Å². The average Bonchev–Trinajstić information content (AvgIpc) is 2.97. The predicted molar refractivity (Wildman–Crippen MR) is 58.0 cm³/mol. The van der Waals surface area contributed by atoms with E-state index in [1.165, 1.54) is 0 Å². The molecule has 0 fully saturated rings. The molecule has 0 radical (unpaired) electrons. The van der Waals surface area contributed by atoms with Crippen molar-refractivity contribution in [3.05, 3.63) is 29.0 Å². The zero-order chi connectivity index (χ0) is 10.8. The Labute approximate surface area is 94.2 Å². The molecule has 0 atom stereocenters. The molecule has 0 saturated carbocycles. The van der Waals surface area contributed by atoms with Crippen LogP contribution in [0.25, 0.3) is 5.65 Å². The summed E-state index contributed by atoms with van der Waals surface area (Å²) < 4.78 is 1.60. The van der Waals surface area contributed by atoms with E-state index >= 15 is 0 Å². The highest BCUT2D eigenvalue weighted by atomic mass is 32.1. The molecule has 1 N–H and O–H groups in total. The van der Waals surface area contributed by atoms with E-state index in [-0.39, 0.29) is 0 Å². The van der Waals surface area contributed by atoms with Gasteiger partial charge in [-0.25, -0.2) is 4.98 Å². The Balaban J connectivity index is 1.86. The molecule has 3 aromatic rings. The van der Waals surface area contributed by atoms with Gasteiger partial charge in [-0.05, 0) is 10.4 Å². The van der Waals surface area contributed by atoms with Gasteiger partial charge in [-0.3, -0.25) is 4.98 Å². The van der Waals surface area contributed by atoms with Crippen LogP contribution in [0.1, 0.15) is 5.69 Å². The van der Waals surface area contributed by atoms with Gasteiger partial charge in [0.2, 0.25) is 0 Å². The van der Waals surface area contributed by atoms with Gasteiger partial charge in [0.25, 0.3) is 0 Å². The topological polar surface area (TPSA) is 80.9 Å². The molecule has 3 heterocycles. The number of nitrogens with zero attached hydrogens (tertiary/aromatic N) is 6. The largest absolute Gasteiger partial charge is 0.363 e. The van der Waals surface area contributed by atoms with Gasteiger partial charge in [0.1, 0.15) is 0 Å². The molecule has 3 aromatic heterocycles. The molecular formula is C8H7N7S. The molecule has 0 aliphatic heterocycles. The first-order chi connectivity index (χ1) is 7.93. The van der Waals surface area contributed by atoms with E-state index in [1.54, 1.807) is 33.8 Å². The van der Waals surface area contributed by atoms with Gasteiger partial charge in [-0.15, -0.1) is 16.4 Å². The summed E-state index contributed by atoms with van der Waals surface area (Å²) in [6, 6.07) is 0. The molecule has 0 unspecified atom stereocenters. The molecular weight excluding hydrogens is 226 g/mol. The number of hydrogen-bond donors (Lipinski definition) is 1. The zero-order valence-corrected chi connectivity index (χ0v) is 8.92. The fourth-order valence-electron chi connectivity index (χ4n) is 1.30. The van der Waals surface area contributed by atoms with E-state index in [4.69, 9.17) is 0 Å². The third kappa shape index (κ3) is 1.58. The summed E-state index contributed by atoms with van der Waals surface area (Å²) in [5.74, 6) is 0.746. The van der Waals surface area contributed by atoms with Gasteiger partial charge in [-0.2, -0.15) is 4.52 Å². The lowest BCUT2D eigenvalue weighted by atomic mass is 10.5. The first-order valence-corrected chi connectivity index (χ1v) is 5.51. The summed E-state index contributed by atoms with van der Waals surface area (Å²) in [5.41, 5.74) is 3.39. The maximum absolute atomic E-state index is 4.17. The Morgan fingerprint density at radius 3 is 3.25 bits per heavy atom. The molecule has 0 aliphatic rings. The second-order valence-electron chi connectivity index (χ2n) is 3.07. The predicted octanol–water partition coefficient (Wildman–Crippen LogP) is 0.588. The van der Waals surface area contributed by atoms with Crippen LogP contribution in [0.5, 0.6) is 0 Å². The second-order valence-corrected chi connectivity index (χ2v) is 3.79. The maximum atomic E-state index is 4.17. The zero-order valence-electron chi connectivity index (χ0n) is 8.11. The van der Waals surface area contributed by atoms with Gasteiger partial charge in [0, 0.05) is 5.38 Å². The number of fused-ring (bicyclic) bond motifs is 1. The molecule has 3 rings (SSSR count). The molecule has 0 bridgehead atoms. The third-order valence-electron chi connectivity index (χ3n) is 2.04. The molecule has 0 aromatic carbocycles. The highest BCUT2D eigenvalue weighted by Crippen LogP contribution is 2.08. The molecule has 16 heavy (non-hydrogen) atoms. The molecule has 0 spiro atoms. The Morgan fingerprint density at radius 1 is 1.38 bits per heavy atom. The number of hydrogen-bond acceptors (Lipinski definition) is 7. The van der Waals surface area contributed by atoms with Crippen molar-refractivity contribution >= 4 is 22.8 Å². The Morgan fingerprint density at radius 2 is 2.38 bits per heavy atom. The van der Waals surface area contributed by atoms with Crippen LogP contribution in [0.15, 0.2) is 23.3 Å². The number of tetrazole rings is 1. The Bertz CT molecular complexity index is 587. The summed E-state index contributed by atoms with van der Waals surface area (Å²) in [7, 11) is 0. The number of anilines is 1. The number of rotatable bonds is 3. The van der Waals surface area contributed by atoms with E-state index < -0.39 is 0 Å². The number of aromatic nitrogens is 6. The van der Waals surface area contributed by atoms with Crippen molar-refractivity contribution in [2.24, 2.45) is 0 Å². The average molecular weight is 233 g/mol. The normalized spacial score (nSPS) is 10.8. The standard InChI is InChI=1S/C8H7N7S/c1(6-4-16-5-11-6)10-7-2-9-3-8-12-13-14-15(7)8/h2-5,10H,1H2. The van der Waals surface area contributed by atoms with Crippen LogP contribution >= 0.6 is 11.3 Å². The van der Waals surface area contributed by atoms with Crippen molar-refractivity contribution in [2.45, 2.75) is 6.54 Å². The second kappa shape index (κ2) is 3.81. The van der Waals surface area contributed by atoms with Gasteiger partial charge in [-0.1, -0.05) is 0 Å². The van der Waals surface area contributed by atoms with Gasteiger partial charge in [0.05, 0.1) is 30.1 Å². The van der Waals surface area contributed by atoms with Crippen molar-refractivity contribution < 1.29 is 0 Å². The highest BCUT2D eigenvalue weighted by Gasteiger charge is 2.03. The smallest absolute Gasteiger partial charge is 0.199 e. The van der Waals surface area contributed by atoms with Crippen molar-refractivity contribution in [3.63, 3.8) is 0 Å². The van der Waals surface area contributed by atoms with E-state index in [9.17, 15) is 0 Å². The van der Waals surface area contributed by atoms with E-state index in [0.29, 0.717) is 12.2 Å². The summed E-state index contributed by atoms with van der Waals surface area (Å²) in [6.45, 7) is 0.629. The molecule has 8 heteroatoms.